The van der Waals surface area contributed by atoms with E-state index in [-0.39, 0.29) is 22.0 Å². The first-order valence-electron chi connectivity index (χ1n) is 43.3. The fourth-order valence-electron chi connectivity index (χ4n) is 20.0. The molecule has 0 N–H and O–H groups in total. The van der Waals surface area contributed by atoms with Crippen molar-refractivity contribution in [3.05, 3.63) is 391 Å². The summed E-state index contributed by atoms with van der Waals surface area (Å²) in [5.74, 6) is 0. The highest BCUT2D eigenvalue weighted by Gasteiger charge is 2.52. The maximum atomic E-state index is 6.26. The van der Waals surface area contributed by atoms with E-state index in [0.29, 0.717) is 0 Å². The molecule has 6 nitrogen and oxygen atoms in total. The minimum absolute atomic E-state index is 0.00383. The van der Waals surface area contributed by atoms with Crippen LogP contribution in [0.1, 0.15) is 77.6 Å². The van der Waals surface area contributed by atoms with Crippen molar-refractivity contribution in [1.82, 2.24) is 19.9 Å². The Balaban J connectivity index is 0.000000116. The molecule has 0 amide bonds. The van der Waals surface area contributed by atoms with Crippen LogP contribution in [0.2, 0.25) is 0 Å². The highest BCUT2D eigenvalue weighted by atomic mass is 79.9. The molecule has 18 aromatic carbocycles. The van der Waals surface area contributed by atoms with Crippen LogP contribution in [0.5, 0.6) is 0 Å². The van der Waals surface area contributed by atoms with Crippen LogP contribution < -0.4 is 5.46 Å². The van der Waals surface area contributed by atoms with Gasteiger partial charge in [-0.2, -0.15) is 0 Å². The monoisotopic (exact) mass is 1720 g/mol. The number of hydrogen-bond donors (Lipinski definition) is 0. The fourth-order valence-corrected chi connectivity index (χ4v) is 23.2. The minimum atomic E-state index is -0.409. The van der Waals surface area contributed by atoms with E-state index in [0.717, 1.165) is 81.6 Å². The van der Waals surface area contributed by atoms with E-state index in [1.807, 2.05) is 47.2 Å². The molecule has 602 valence electrons. The molecular weight excluding hydrogens is 1640 g/mol. The average Bonchev–Trinajstić information content (AvgIpc) is 1.50. The second-order valence-electron chi connectivity index (χ2n) is 35.8. The van der Waals surface area contributed by atoms with Gasteiger partial charge in [-0.3, -0.25) is 9.97 Å². The van der Waals surface area contributed by atoms with Crippen molar-refractivity contribution in [3.63, 3.8) is 0 Å². The van der Waals surface area contributed by atoms with Gasteiger partial charge in [-0.1, -0.05) is 359 Å². The van der Waals surface area contributed by atoms with E-state index < -0.39 is 7.12 Å². The lowest BCUT2D eigenvalue weighted by atomic mass is 9.78. The van der Waals surface area contributed by atoms with Crippen molar-refractivity contribution >= 4 is 157 Å². The summed E-state index contributed by atoms with van der Waals surface area (Å²) in [6, 6.07) is 127. The standard InChI is InChI=1S/C55H36N2S.C33H23BrS.C28H25BN2O2/c1-55(2)48-26-8-7-19-42(48)43-28-27-36(31-49(43)55)39-23-12-25-47-46-24-11-22-38(53(46)58-54(39)47)35-15-9-13-33(29-35)34-14-10-16-37(30-34)50-32-56-51-44-20-5-3-17-40(44)41-18-4-6-21-45(41)52(51)57-50;1-33(2)29-15-4-3-10-25(29)26-17-16-21(19-30(26)33)24-12-7-14-28-27-13-6-11-23(31(27)35-32(24)28)20-8-5-9-22(34)18-20;1-27(2)28(3,4)33-29(32-27)19-11-9-10-18(16-19)24-17-30-25-22-14-7-5-12-20(22)21-13-6-8-15-23(21)26(25)31-24/h3-32H,1-2H3;3-19H,1-2H3;5-17H,1-4H3. The molecule has 0 atom stereocenters. The maximum absolute atomic E-state index is 6.26. The van der Waals surface area contributed by atoms with Crippen molar-refractivity contribution < 1.29 is 9.31 Å². The summed E-state index contributed by atoms with van der Waals surface area (Å²) in [5.41, 5.74) is 31.3. The zero-order chi connectivity index (χ0) is 85.1. The third-order valence-electron chi connectivity index (χ3n) is 27.2. The summed E-state index contributed by atoms with van der Waals surface area (Å²) in [4.78, 5) is 20.3. The Morgan fingerprint density at radius 2 is 0.548 bits per heavy atom. The Morgan fingerprint density at radius 3 is 0.968 bits per heavy atom. The van der Waals surface area contributed by atoms with Gasteiger partial charge in [0.25, 0.3) is 0 Å². The number of hydrogen-bond acceptors (Lipinski definition) is 8. The maximum Gasteiger partial charge on any atom is 0.494 e. The van der Waals surface area contributed by atoms with Gasteiger partial charge in [-0.05, 0) is 191 Å². The van der Waals surface area contributed by atoms with Crippen molar-refractivity contribution in [1.29, 1.82) is 0 Å². The van der Waals surface area contributed by atoms with Crippen LogP contribution in [0, 0.1) is 0 Å². The summed E-state index contributed by atoms with van der Waals surface area (Å²) < 4.78 is 19.0. The zero-order valence-electron chi connectivity index (χ0n) is 71.0. The molecule has 1 saturated heterocycles. The van der Waals surface area contributed by atoms with Crippen LogP contribution in [0.25, 0.3) is 206 Å². The largest absolute Gasteiger partial charge is 0.494 e. The van der Waals surface area contributed by atoms with Crippen LogP contribution in [-0.4, -0.2) is 38.3 Å². The van der Waals surface area contributed by atoms with E-state index >= 15 is 0 Å². The lowest BCUT2D eigenvalue weighted by molar-refractivity contribution is 0.00578. The molecular formula is C116H84BBrN4O2S2. The third kappa shape index (κ3) is 12.7. The van der Waals surface area contributed by atoms with Crippen LogP contribution in [0.3, 0.4) is 0 Å². The van der Waals surface area contributed by atoms with E-state index in [1.165, 1.54) is 156 Å². The van der Waals surface area contributed by atoms with Gasteiger partial charge in [0.05, 0.1) is 57.1 Å². The van der Waals surface area contributed by atoms with Gasteiger partial charge in [0.1, 0.15) is 0 Å². The van der Waals surface area contributed by atoms with E-state index in [9.17, 15) is 0 Å². The van der Waals surface area contributed by atoms with E-state index in [4.69, 9.17) is 29.2 Å². The lowest BCUT2D eigenvalue weighted by Crippen LogP contribution is -2.41. The van der Waals surface area contributed by atoms with Crippen molar-refractivity contribution in [3.8, 4) is 100 Å². The average molecular weight is 1720 g/mol. The number of fused-ring (bicyclic) bond motifs is 24. The SMILES string of the molecule is CC1(C)OB(c2cccc(-c3cnc4c5ccccc5c5ccccc5c4n3)c2)OC1(C)C.CC1(C)c2ccccc2-c2ccc(-c3cccc4c3sc3c(-c5cccc(-c6cccc(-c7cnc8c9ccccc9c9ccccc9c8n7)c6)c5)cccc34)cc21.CC1(C)c2ccccc2-c2ccc(-c3cccc4c3sc3c(-c5cccc(Br)c5)cccc34)cc21. The van der Waals surface area contributed by atoms with E-state index in [1.54, 1.807) is 0 Å². The van der Waals surface area contributed by atoms with Gasteiger partial charge in [0.2, 0.25) is 0 Å². The van der Waals surface area contributed by atoms with Crippen molar-refractivity contribution in [2.24, 2.45) is 0 Å². The molecule has 2 aliphatic carbocycles. The molecule has 1 fully saturated rings. The highest BCUT2D eigenvalue weighted by molar-refractivity contribution is 9.10. The predicted octanol–water partition coefficient (Wildman–Crippen LogP) is 31.6. The summed E-state index contributed by atoms with van der Waals surface area (Å²) in [5, 5.41) is 14.6. The Bertz CT molecular complexity index is 8220. The second-order valence-corrected chi connectivity index (χ2v) is 38.7. The molecule has 0 bridgehead atoms. The van der Waals surface area contributed by atoms with Gasteiger partial charge in [0.15, 0.2) is 0 Å². The predicted molar refractivity (Wildman–Crippen MR) is 538 cm³/mol. The molecule has 0 radical (unpaired) electrons. The molecule has 0 unspecified atom stereocenters. The number of halogens is 1. The Labute approximate surface area is 748 Å². The van der Waals surface area contributed by atoms with Gasteiger partial charge >= 0.3 is 7.12 Å². The molecule has 10 heteroatoms. The normalized spacial score (nSPS) is 14.4. The van der Waals surface area contributed by atoms with E-state index in [2.05, 4.69) is 411 Å². The molecule has 25 rings (SSSR count). The van der Waals surface area contributed by atoms with Gasteiger partial charge in [-0.25, -0.2) is 9.97 Å². The molecule has 3 aliphatic rings. The minimum Gasteiger partial charge on any atom is -0.399 e. The van der Waals surface area contributed by atoms with Crippen LogP contribution >= 0.6 is 38.6 Å². The van der Waals surface area contributed by atoms with Gasteiger partial charge in [-0.15, -0.1) is 22.7 Å². The Kier molecular flexibility index (Phi) is 18.4. The van der Waals surface area contributed by atoms with Gasteiger partial charge < -0.3 is 9.31 Å². The molecule has 0 saturated carbocycles. The molecule has 0 spiro atoms. The molecule has 4 aromatic heterocycles. The van der Waals surface area contributed by atoms with Gasteiger partial charge in [0, 0.05) is 88.3 Å². The van der Waals surface area contributed by atoms with Crippen LogP contribution in [-0.2, 0) is 20.1 Å². The second kappa shape index (κ2) is 29.9. The first-order valence-corrected chi connectivity index (χ1v) is 45.7. The van der Waals surface area contributed by atoms with Crippen molar-refractivity contribution in [2.75, 3.05) is 0 Å². The zero-order valence-corrected chi connectivity index (χ0v) is 74.2. The lowest BCUT2D eigenvalue weighted by Gasteiger charge is -2.32. The number of benzene rings is 18. The quantitative estimate of drug-likeness (QED) is 0.112. The topological polar surface area (TPSA) is 70.0 Å². The molecule has 126 heavy (non-hydrogen) atoms. The summed E-state index contributed by atoms with van der Waals surface area (Å²) in [6.45, 7) is 17.7. The number of rotatable bonds is 8. The number of nitrogens with zero attached hydrogens (tertiary/aromatic N) is 4. The third-order valence-corrected chi connectivity index (χ3v) is 30.3. The Morgan fingerprint density at radius 1 is 0.246 bits per heavy atom. The fraction of sp³-hybridized carbons (Fsp3) is 0.103. The van der Waals surface area contributed by atoms with Crippen LogP contribution in [0.15, 0.2) is 369 Å². The Hall–Kier alpha value is -13.4. The number of thiophene rings is 2. The van der Waals surface area contributed by atoms with Crippen molar-refractivity contribution in [2.45, 2.75) is 77.4 Å². The first-order chi connectivity index (χ1) is 61.4. The summed E-state index contributed by atoms with van der Waals surface area (Å²) in [7, 11) is -0.409. The number of aromatic nitrogens is 4. The summed E-state index contributed by atoms with van der Waals surface area (Å²) in [6.07, 6.45) is 3.80. The molecule has 22 aromatic rings. The molecule has 1 aliphatic heterocycles. The van der Waals surface area contributed by atoms with Crippen LogP contribution in [0.4, 0.5) is 0 Å². The smallest absolute Gasteiger partial charge is 0.399 e. The highest BCUT2D eigenvalue weighted by Crippen LogP contribution is 2.54. The summed E-state index contributed by atoms with van der Waals surface area (Å²) >= 11 is 7.48. The first kappa shape index (κ1) is 77.4. The molecule has 5 heterocycles.